The smallest absolute Gasteiger partial charge is 0.331 e. The van der Waals surface area contributed by atoms with Gasteiger partial charge in [0.2, 0.25) is 0 Å². The predicted molar refractivity (Wildman–Crippen MR) is 125 cm³/mol. The van der Waals surface area contributed by atoms with Crippen molar-refractivity contribution < 1.29 is 4.79 Å². The van der Waals surface area contributed by atoms with Gasteiger partial charge >= 0.3 is 6.03 Å². The second-order valence-corrected chi connectivity index (χ2v) is 8.79. The van der Waals surface area contributed by atoms with E-state index in [1.807, 2.05) is 18.2 Å². The number of anilines is 2. The molecule has 0 bridgehead atoms. The summed E-state index contributed by atoms with van der Waals surface area (Å²) in [6.45, 7) is 2.29. The lowest BCUT2D eigenvalue weighted by atomic mass is 10.0. The number of hydrogen-bond acceptors (Lipinski definition) is 3. The van der Waals surface area contributed by atoms with Gasteiger partial charge in [0, 0.05) is 24.2 Å². The van der Waals surface area contributed by atoms with Crippen molar-refractivity contribution in [1.29, 1.82) is 0 Å². The maximum Gasteiger partial charge on any atom is 0.331 e. The Kier molecular flexibility index (Phi) is 5.07. The lowest BCUT2D eigenvalue weighted by molar-refractivity contribution is 0.247. The molecule has 1 aliphatic carbocycles. The Bertz CT molecular complexity index is 1040. The van der Waals surface area contributed by atoms with Gasteiger partial charge in [-0.15, -0.1) is 0 Å². The van der Waals surface area contributed by atoms with Gasteiger partial charge in [-0.25, -0.2) is 7.91 Å². The summed E-state index contributed by atoms with van der Waals surface area (Å²) in [4.78, 5) is 15.6. The normalized spacial score (nSPS) is 18.7. The van der Waals surface area contributed by atoms with Crippen LogP contribution in [0, 0.1) is 0 Å². The first-order valence-electron chi connectivity index (χ1n) is 10.3. The number of carbonyl (C=O) groups is 1. The zero-order valence-corrected chi connectivity index (χ0v) is 18.4. The minimum absolute atomic E-state index is 0.0584. The summed E-state index contributed by atoms with van der Waals surface area (Å²) in [6, 6.07) is 12.4. The number of urea groups is 1. The Hall–Kier alpha value is -2.29. The van der Waals surface area contributed by atoms with Crippen molar-refractivity contribution in [3.05, 3.63) is 53.7 Å². The molecule has 1 saturated heterocycles. The maximum absolute atomic E-state index is 13.0. The molecule has 2 heterocycles. The van der Waals surface area contributed by atoms with Gasteiger partial charge in [-0.3, -0.25) is 5.10 Å². The van der Waals surface area contributed by atoms with E-state index in [-0.39, 0.29) is 12.1 Å². The number of rotatable bonds is 3. The van der Waals surface area contributed by atoms with Gasteiger partial charge in [0.1, 0.15) is 0 Å². The van der Waals surface area contributed by atoms with Crippen LogP contribution < -0.4 is 13.3 Å². The maximum atomic E-state index is 13.0. The highest BCUT2D eigenvalue weighted by Gasteiger charge is 2.29. The Morgan fingerprint density at radius 2 is 2.00 bits per heavy atom. The molecule has 1 aliphatic heterocycles. The highest BCUT2D eigenvalue weighted by molar-refractivity contribution is 14.1. The van der Waals surface area contributed by atoms with Crippen LogP contribution in [0.5, 0.6) is 0 Å². The van der Waals surface area contributed by atoms with Gasteiger partial charge in [0.15, 0.2) is 0 Å². The van der Waals surface area contributed by atoms with Crippen molar-refractivity contribution >= 4 is 51.2 Å². The molecule has 7 heteroatoms. The molecule has 150 valence electrons. The number of hydrogen-bond donors (Lipinski definition) is 2. The number of aromatic nitrogens is 2. The third kappa shape index (κ3) is 3.45. The summed E-state index contributed by atoms with van der Waals surface area (Å²) in [5.41, 5.74) is 5.82. The van der Waals surface area contributed by atoms with Crippen LogP contribution in [0.15, 0.2) is 42.6 Å². The quantitative estimate of drug-likeness (QED) is 0.388. The molecule has 2 aromatic carbocycles. The number of H-pyrrole nitrogens is 1. The second kappa shape index (κ2) is 7.85. The van der Waals surface area contributed by atoms with Gasteiger partial charge < -0.3 is 10.2 Å². The number of piperidine rings is 1. The molecule has 6 nitrogen and oxygen atoms in total. The van der Waals surface area contributed by atoms with Crippen LogP contribution in [0.4, 0.5) is 16.2 Å². The van der Waals surface area contributed by atoms with E-state index in [0.29, 0.717) is 0 Å². The molecule has 0 spiro atoms. The third-order valence-electron chi connectivity index (χ3n) is 6.09. The van der Waals surface area contributed by atoms with E-state index in [4.69, 9.17) is 0 Å². The largest absolute Gasteiger partial charge is 0.371 e. The molecule has 1 unspecified atom stereocenters. The lowest BCUT2D eigenvalue weighted by Crippen LogP contribution is -2.35. The van der Waals surface area contributed by atoms with E-state index in [9.17, 15) is 4.79 Å². The third-order valence-corrected chi connectivity index (χ3v) is 7.05. The van der Waals surface area contributed by atoms with E-state index >= 15 is 0 Å². The number of nitrogens with zero attached hydrogens (tertiary/aromatic N) is 3. The summed E-state index contributed by atoms with van der Waals surface area (Å²) in [5, 5.41) is 11.3. The van der Waals surface area contributed by atoms with Crippen LogP contribution >= 0.6 is 22.9 Å². The minimum atomic E-state index is -0.0967. The molecule has 0 radical (unpaired) electrons. The molecule has 1 atom stereocenters. The zero-order chi connectivity index (χ0) is 19.8. The van der Waals surface area contributed by atoms with E-state index in [1.54, 1.807) is 9.31 Å². The molecule has 0 saturated carbocycles. The number of nitrogens with one attached hydrogen (secondary N) is 2. The number of aromatic amines is 1. The fourth-order valence-electron chi connectivity index (χ4n) is 4.65. The van der Waals surface area contributed by atoms with Crippen LogP contribution in [0.25, 0.3) is 10.9 Å². The van der Waals surface area contributed by atoms with Crippen molar-refractivity contribution in [2.75, 3.05) is 21.1 Å². The van der Waals surface area contributed by atoms with Crippen molar-refractivity contribution in [2.24, 2.45) is 0 Å². The average Bonchev–Trinajstić information content (AvgIpc) is 3.41. The van der Waals surface area contributed by atoms with Crippen molar-refractivity contribution in [2.45, 2.75) is 38.1 Å². The lowest BCUT2D eigenvalue weighted by Gasteiger charge is -2.30. The predicted octanol–water partition coefficient (Wildman–Crippen LogP) is 5.11. The van der Waals surface area contributed by atoms with Crippen molar-refractivity contribution in [3.63, 3.8) is 0 Å². The highest BCUT2D eigenvalue weighted by atomic mass is 127. The molecule has 29 heavy (non-hydrogen) atoms. The van der Waals surface area contributed by atoms with Gasteiger partial charge in [-0.1, -0.05) is 18.2 Å². The Morgan fingerprint density at radius 3 is 2.86 bits per heavy atom. The molecule has 1 fully saturated rings. The fourth-order valence-corrected chi connectivity index (χ4v) is 5.21. The van der Waals surface area contributed by atoms with Crippen LogP contribution in [-0.2, 0) is 6.42 Å². The van der Waals surface area contributed by atoms with Gasteiger partial charge in [0.25, 0.3) is 0 Å². The molecular formula is C22H24IN5O. The van der Waals surface area contributed by atoms with Crippen molar-refractivity contribution in [1.82, 2.24) is 15.5 Å². The molecule has 2 aliphatic rings. The van der Waals surface area contributed by atoms with E-state index in [1.165, 1.54) is 36.1 Å². The molecular weight excluding hydrogens is 477 g/mol. The number of fused-ring (bicyclic) bond motifs is 2. The average molecular weight is 501 g/mol. The summed E-state index contributed by atoms with van der Waals surface area (Å²) in [5.74, 6) is 0. The fraction of sp³-hybridized carbons (Fsp3) is 0.364. The van der Waals surface area contributed by atoms with Crippen LogP contribution in [0.3, 0.4) is 0 Å². The summed E-state index contributed by atoms with van der Waals surface area (Å²) >= 11 is 2.08. The Balaban J connectivity index is 1.36. The molecule has 2 amide bonds. The Labute approximate surface area is 184 Å². The SMILES string of the molecule is O=C(NC1CCc2c1cccc2N1CCCCC1)N(I)c1cccc2[nH]ncc12. The topological polar surface area (TPSA) is 64.3 Å². The number of amides is 2. The molecule has 1 aromatic heterocycles. The zero-order valence-electron chi connectivity index (χ0n) is 16.2. The first-order valence-corrected chi connectivity index (χ1v) is 11.2. The molecule has 5 rings (SSSR count). The Morgan fingerprint density at radius 1 is 1.17 bits per heavy atom. The first-order chi connectivity index (χ1) is 14.2. The number of halogens is 1. The van der Waals surface area contributed by atoms with E-state index in [0.717, 1.165) is 42.5 Å². The summed E-state index contributed by atoms with van der Waals surface area (Å²) < 4.78 is 1.65. The summed E-state index contributed by atoms with van der Waals surface area (Å²) in [7, 11) is 0. The number of benzene rings is 2. The van der Waals surface area contributed by atoms with Crippen molar-refractivity contribution in [3.8, 4) is 0 Å². The molecule has 3 aromatic rings. The second-order valence-electron chi connectivity index (χ2n) is 7.82. The van der Waals surface area contributed by atoms with Crippen LogP contribution in [0.2, 0.25) is 0 Å². The van der Waals surface area contributed by atoms with Gasteiger partial charge in [0.05, 0.1) is 46.3 Å². The minimum Gasteiger partial charge on any atom is -0.371 e. The molecule has 2 N–H and O–H groups in total. The highest BCUT2D eigenvalue weighted by Crippen LogP contribution is 2.38. The van der Waals surface area contributed by atoms with E-state index in [2.05, 4.69) is 61.5 Å². The monoisotopic (exact) mass is 501 g/mol. The van der Waals surface area contributed by atoms with Gasteiger partial charge in [-0.05, 0) is 61.4 Å². The van der Waals surface area contributed by atoms with Crippen LogP contribution in [-0.4, -0.2) is 29.3 Å². The standard InChI is InChI=1S/C22H24IN5O/c23-28(21-9-5-7-19-17(21)14-24-26-19)22(29)25-18-11-10-16-15(18)6-4-8-20(16)27-12-2-1-3-13-27/h4-9,14,18H,1-3,10-13H2,(H,24,26)(H,25,29). The summed E-state index contributed by atoms with van der Waals surface area (Å²) in [6.07, 6.45) is 7.61. The number of carbonyl (C=O) groups excluding carboxylic acids is 1. The van der Waals surface area contributed by atoms with Crippen LogP contribution in [0.1, 0.15) is 42.9 Å². The first kappa shape index (κ1) is 18.7. The van der Waals surface area contributed by atoms with E-state index < -0.39 is 0 Å². The van der Waals surface area contributed by atoms with Gasteiger partial charge in [-0.2, -0.15) is 5.10 Å².